The molecule has 1 heterocycles. The number of halogens is 1. The highest BCUT2D eigenvalue weighted by Gasteiger charge is 2.25. The number of aromatic hydroxyl groups is 1. The van der Waals surface area contributed by atoms with Gasteiger partial charge < -0.3 is 10.2 Å². The first-order valence-electron chi connectivity index (χ1n) is 6.84. The van der Waals surface area contributed by atoms with E-state index in [1.807, 2.05) is 13.0 Å². The summed E-state index contributed by atoms with van der Waals surface area (Å²) in [5.74, 6) is 0.682. The second kappa shape index (κ2) is 6.12. The molecule has 1 aliphatic heterocycles. The molecule has 0 aromatic heterocycles. The lowest BCUT2D eigenvalue weighted by molar-refractivity contribution is 0.0766. The molecule has 2 unspecified atom stereocenters. The number of rotatable bonds is 3. The SMILES string of the molecule is Cc1cc(Cl)cc(CN2CC(CO)CCC2C)c1O. The Hall–Kier alpha value is -0.770. The van der Waals surface area contributed by atoms with E-state index < -0.39 is 0 Å². The van der Waals surface area contributed by atoms with Crippen LogP contribution < -0.4 is 0 Å². The third-order valence-corrected chi connectivity index (χ3v) is 4.30. The quantitative estimate of drug-likeness (QED) is 0.896. The number of benzene rings is 1. The van der Waals surface area contributed by atoms with E-state index in [1.54, 1.807) is 6.07 Å². The van der Waals surface area contributed by atoms with Crippen LogP contribution in [0.2, 0.25) is 5.02 Å². The predicted molar refractivity (Wildman–Crippen MR) is 77.5 cm³/mol. The van der Waals surface area contributed by atoms with Crippen LogP contribution in [-0.4, -0.2) is 34.3 Å². The Morgan fingerprint density at radius 2 is 2.11 bits per heavy atom. The number of phenolic OH excluding ortho intramolecular Hbond substituents is 1. The van der Waals surface area contributed by atoms with Gasteiger partial charge in [-0.25, -0.2) is 0 Å². The first-order valence-corrected chi connectivity index (χ1v) is 7.22. The number of nitrogens with zero attached hydrogens (tertiary/aromatic N) is 1. The van der Waals surface area contributed by atoms with E-state index in [2.05, 4.69) is 11.8 Å². The van der Waals surface area contributed by atoms with E-state index in [9.17, 15) is 10.2 Å². The fourth-order valence-electron chi connectivity index (χ4n) is 2.78. The molecule has 2 N–H and O–H groups in total. The molecule has 0 radical (unpaired) electrons. The van der Waals surface area contributed by atoms with E-state index in [-0.39, 0.29) is 6.61 Å². The molecule has 0 amide bonds. The fraction of sp³-hybridized carbons (Fsp3) is 0.600. The van der Waals surface area contributed by atoms with Crippen LogP contribution in [0.3, 0.4) is 0 Å². The third-order valence-electron chi connectivity index (χ3n) is 4.08. The van der Waals surface area contributed by atoms with Crippen molar-refractivity contribution in [3.05, 3.63) is 28.3 Å². The van der Waals surface area contributed by atoms with Gasteiger partial charge in [0.05, 0.1) is 0 Å². The highest BCUT2D eigenvalue weighted by atomic mass is 35.5. The number of piperidine rings is 1. The molecule has 3 nitrogen and oxygen atoms in total. The van der Waals surface area contributed by atoms with Crippen molar-refractivity contribution in [1.82, 2.24) is 4.90 Å². The molecule has 0 saturated carbocycles. The van der Waals surface area contributed by atoms with Crippen molar-refractivity contribution in [2.45, 2.75) is 39.3 Å². The van der Waals surface area contributed by atoms with Gasteiger partial charge in [-0.1, -0.05) is 11.6 Å². The summed E-state index contributed by atoms with van der Waals surface area (Å²) in [5.41, 5.74) is 1.68. The van der Waals surface area contributed by atoms with Gasteiger partial charge in [-0.05, 0) is 50.3 Å². The van der Waals surface area contributed by atoms with Crippen LogP contribution >= 0.6 is 11.6 Å². The Labute approximate surface area is 119 Å². The molecule has 0 aliphatic carbocycles. The molecular weight excluding hydrogens is 262 g/mol. The van der Waals surface area contributed by atoms with Gasteiger partial charge in [-0.15, -0.1) is 0 Å². The van der Waals surface area contributed by atoms with Gasteiger partial charge in [0.1, 0.15) is 5.75 Å². The predicted octanol–water partition coefficient (Wildman–Crippen LogP) is 2.95. The highest BCUT2D eigenvalue weighted by molar-refractivity contribution is 6.30. The summed E-state index contributed by atoms with van der Waals surface area (Å²) in [6.07, 6.45) is 2.17. The topological polar surface area (TPSA) is 43.7 Å². The molecule has 1 fully saturated rings. The molecule has 1 aliphatic rings. The number of hydrogen-bond donors (Lipinski definition) is 2. The minimum Gasteiger partial charge on any atom is -0.507 e. The lowest BCUT2D eigenvalue weighted by atomic mass is 9.93. The average Bonchev–Trinajstić information content (AvgIpc) is 2.38. The zero-order valence-electron chi connectivity index (χ0n) is 11.6. The Balaban J connectivity index is 2.15. The van der Waals surface area contributed by atoms with Crippen molar-refractivity contribution < 1.29 is 10.2 Å². The minimum absolute atomic E-state index is 0.240. The summed E-state index contributed by atoms with van der Waals surface area (Å²) in [5, 5.41) is 20.1. The summed E-state index contributed by atoms with van der Waals surface area (Å²) in [6.45, 7) is 5.86. The Bertz CT molecular complexity index is 450. The molecule has 1 aromatic rings. The summed E-state index contributed by atoms with van der Waals surface area (Å²) < 4.78 is 0. The monoisotopic (exact) mass is 283 g/mol. The summed E-state index contributed by atoms with van der Waals surface area (Å²) in [7, 11) is 0. The lowest BCUT2D eigenvalue weighted by Gasteiger charge is -2.37. The molecule has 0 bridgehead atoms. The number of aliphatic hydroxyl groups excluding tert-OH is 1. The highest BCUT2D eigenvalue weighted by Crippen LogP contribution is 2.30. The van der Waals surface area contributed by atoms with Crippen LogP contribution in [-0.2, 0) is 6.54 Å². The number of phenols is 1. The van der Waals surface area contributed by atoms with E-state index >= 15 is 0 Å². The van der Waals surface area contributed by atoms with Gasteiger partial charge in [-0.2, -0.15) is 0 Å². The second-order valence-corrected chi connectivity index (χ2v) is 6.07. The Kier molecular flexibility index (Phi) is 4.71. The normalized spacial score (nSPS) is 24.6. The van der Waals surface area contributed by atoms with E-state index in [0.29, 0.717) is 29.3 Å². The fourth-order valence-corrected chi connectivity index (χ4v) is 3.07. The van der Waals surface area contributed by atoms with Crippen molar-refractivity contribution >= 4 is 11.6 Å². The van der Waals surface area contributed by atoms with Crippen molar-refractivity contribution in [2.75, 3.05) is 13.2 Å². The standard InChI is InChI=1S/C15H22ClNO2/c1-10-5-14(16)6-13(15(10)19)8-17-7-12(9-18)4-3-11(17)2/h5-6,11-12,18-19H,3-4,7-9H2,1-2H3. The van der Waals surface area contributed by atoms with Crippen LogP contribution in [0.15, 0.2) is 12.1 Å². The average molecular weight is 284 g/mol. The number of aliphatic hydroxyl groups is 1. The molecule has 2 rings (SSSR count). The molecular formula is C15H22ClNO2. The zero-order valence-corrected chi connectivity index (χ0v) is 12.3. The van der Waals surface area contributed by atoms with E-state index in [0.717, 1.165) is 30.5 Å². The number of likely N-dealkylation sites (tertiary alicyclic amines) is 1. The first kappa shape index (κ1) is 14.6. The second-order valence-electron chi connectivity index (χ2n) is 5.63. The van der Waals surface area contributed by atoms with Crippen molar-refractivity contribution in [3.63, 3.8) is 0 Å². The van der Waals surface area contributed by atoms with E-state index in [1.165, 1.54) is 0 Å². The number of hydrogen-bond acceptors (Lipinski definition) is 3. The zero-order chi connectivity index (χ0) is 14.0. The molecule has 4 heteroatoms. The largest absolute Gasteiger partial charge is 0.507 e. The van der Waals surface area contributed by atoms with Crippen LogP contribution in [0.5, 0.6) is 5.75 Å². The molecule has 1 saturated heterocycles. The summed E-state index contributed by atoms with van der Waals surface area (Å²) >= 11 is 6.06. The Morgan fingerprint density at radius 1 is 1.37 bits per heavy atom. The molecule has 2 atom stereocenters. The van der Waals surface area contributed by atoms with Crippen LogP contribution in [0, 0.1) is 12.8 Å². The third kappa shape index (κ3) is 3.41. The summed E-state index contributed by atoms with van der Waals surface area (Å²) in [4.78, 5) is 2.31. The molecule has 106 valence electrons. The van der Waals surface area contributed by atoms with Crippen molar-refractivity contribution in [1.29, 1.82) is 0 Å². The van der Waals surface area contributed by atoms with Gasteiger partial charge in [0.15, 0.2) is 0 Å². The van der Waals surface area contributed by atoms with Crippen molar-refractivity contribution in [2.24, 2.45) is 5.92 Å². The first-order chi connectivity index (χ1) is 9.01. The van der Waals surface area contributed by atoms with Gasteiger partial charge >= 0.3 is 0 Å². The summed E-state index contributed by atoms with van der Waals surface area (Å²) in [6, 6.07) is 4.08. The molecule has 0 spiro atoms. The smallest absolute Gasteiger partial charge is 0.123 e. The lowest BCUT2D eigenvalue weighted by Crippen LogP contribution is -2.42. The van der Waals surface area contributed by atoms with Crippen LogP contribution in [0.25, 0.3) is 0 Å². The van der Waals surface area contributed by atoms with Gasteiger partial charge in [0.25, 0.3) is 0 Å². The minimum atomic E-state index is 0.240. The molecule has 1 aromatic carbocycles. The van der Waals surface area contributed by atoms with Crippen LogP contribution in [0.4, 0.5) is 0 Å². The van der Waals surface area contributed by atoms with Crippen LogP contribution in [0.1, 0.15) is 30.9 Å². The maximum absolute atomic E-state index is 10.1. The maximum atomic E-state index is 10.1. The van der Waals surface area contributed by atoms with E-state index in [4.69, 9.17) is 11.6 Å². The van der Waals surface area contributed by atoms with Gasteiger partial charge in [0, 0.05) is 36.3 Å². The Morgan fingerprint density at radius 3 is 2.79 bits per heavy atom. The van der Waals surface area contributed by atoms with Gasteiger partial charge in [-0.3, -0.25) is 4.90 Å². The number of aryl methyl sites for hydroxylation is 1. The molecule has 19 heavy (non-hydrogen) atoms. The van der Waals surface area contributed by atoms with Crippen molar-refractivity contribution in [3.8, 4) is 5.75 Å². The van der Waals surface area contributed by atoms with Gasteiger partial charge in [0.2, 0.25) is 0 Å². The maximum Gasteiger partial charge on any atom is 0.123 e.